The van der Waals surface area contributed by atoms with Crippen LogP contribution in [0.25, 0.3) is 0 Å². The van der Waals surface area contributed by atoms with Crippen molar-refractivity contribution in [2.24, 2.45) is 0 Å². The van der Waals surface area contributed by atoms with Gasteiger partial charge in [-0.3, -0.25) is 0 Å². The van der Waals surface area contributed by atoms with E-state index in [0.29, 0.717) is 18.7 Å². The minimum Gasteiger partial charge on any atom is -0.548 e. The Morgan fingerprint density at radius 3 is 2.65 bits per heavy atom. The number of carbonyl (C=O) groups is 2. The van der Waals surface area contributed by atoms with Crippen molar-refractivity contribution >= 4 is 12.1 Å². The van der Waals surface area contributed by atoms with Gasteiger partial charge in [-0.2, -0.15) is 0 Å². The minimum absolute atomic E-state index is 0. The number of amides is 1. The Labute approximate surface area is 129 Å². The number of rotatable bonds is 5. The van der Waals surface area contributed by atoms with E-state index in [9.17, 15) is 14.7 Å². The molecule has 0 atom stereocenters. The summed E-state index contributed by atoms with van der Waals surface area (Å²) >= 11 is 0. The number of carboxylic acids is 1. The molecule has 1 amide bonds. The predicted octanol–water partition coefficient (Wildman–Crippen LogP) is -3.90. The molecule has 0 fully saturated rings. The normalized spacial score (nSPS) is 10.6. The van der Waals surface area contributed by atoms with E-state index in [4.69, 9.17) is 4.74 Å². The van der Waals surface area contributed by atoms with E-state index < -0.39 is 17.7 Å². The Kier molecular flexibility index (Phi) is 7.32. The van der Waals surface area contributed by atoms with Gasteiger partial charge < -0.3 is 20.0 Å². The van der Waals surface area contributed by atoms with Gasteiger partial charge in [0, 0.05) is 19.2 Å². The third-order valence-corrected chi connectivity index (χ3v) is 1.93. The molecule has 0 aromatic carbocycles. The molecule has 1 aromatic heterocycles. The summed E-state index contributed by atoms with van der Waals surface area (Å²) in [6.45, 7) is 5.32. The molecular formula is C11H17LiN4O4. The van der Waals surface area contributed by atoms with Crippen LogP contribution in [-0.2, 0) is 22.5 Å². The number of carbonyl (C=O) groups excluding carboxylic acids is 2. The van der Waals surface area contributed by atoms with Gasteiger partial charge in [0.25, 0.3) is 0 Å². The van der Waals surface area contributed by atoms with Crippen molar-refractivity contribution in [3.63, 3.8) is 0 Å². The van der Waals surface area contributed by atoms with Gasteiger partial charge in [-0.25, -0.2) is 9.48 Å². The third-order valence-electron chi connectivity index (χ3n) is 1.93. The van der Waals surface area contributed by atoms with E-state index in [1.165, 1.54) is 6.20 Å². The first-order chi connectivity index (χ1) is 8.76. The van der Waals surface area contributed by atoms with Crippen LogP contribution in [0.4, 0.5) is 4.79 Å². The second-order valence-electron chi connectivity index (χ2n) is 4.96. The summed E-state index contributed by atoms with van der Waals surface area (Å²) in [6.07, 6.45) is 1.42. The van der Waals surface area contributed by atoms with Crippen LogP contribution in [-0.4, -0.2) is 39.2 Å². The molecule has 1 N–H and O–H groups in total. The molecule has 0 bridgehead atoms. The number of hydrogen-bond donors (Lipinski definition) is 1. The van der Waals surface area contributed by atoms with Gasteiger partial charge in [0.2, 0.25) is 0 Å². The van der Waals surface area contributed by atoms with Crippen molar-refractivity contribution in [3.8, 4) is 0 Å². The summed E-state index contributed by atoms with van der Waals surface area (Å²) in [5, 5.41) is 20.3. The SMILES string of the molecule is CC(C)(C)OC(=O)NCCc1cn(CC(=O)[O-])nn1.[Li+]. The van der Waals surface area contributed by atoms with Gasteiger partial charge in [0.05, 0.1) is 18.2 Å². The number of nitrogens with zero attached hydrogens (tertiary/aromatic N) is 3. The molecule has 1 aromatic rings. The van der Waals surface area contributed by atoms with Gasteiger partial charge in [-0.05, 0) is 20.8 Å². The van der Waals surface area contributed by atoms with E-state index in [-0.39, 0.29) is 25.4 Å². The number of ether oxygens (including phenoxy) is 1. The molecule has 0 spiro atoms. The smallest absolute Gasteiger partial charge is 0.548 e. The van der Waals surface area contributed by atoms with Crippen LogP contribution in [0.3, 0.4) is 0 Å². The molecule has 106 valence electrons. The molecule has 0 unspecified atom stereocenters. The van der Waals surface area contributed by atoms with E-state index in [2.05, 4.69) is 15.6 Å². The maximum atomic E-state index is 11.3. The first-order valence-corrected chi connectivity index (χ1v) is 5.82. The molecule has 1 rings (SSSR count). The zero-order valence-corrected chi connectivity index (χ0v) is 12.2. The molecule has 0 aliphatic carbocycles. The molecule has 0 saturated carbocycles. The zero-order valence-electron chi connectivity index (χ0n) is 12.2. The standard InChI is InChI=1S/C11H18N4O4.Li/c1-11(2,3)19-10(18)12-5-4-8-6-15(14-13-8)7-9(16)17;/h6H,4-5,7H2,1-3H3,(H,12,18)(H,16,17);/q;+1/p-1. The zero-order chi connectivity index (χ0) is 14.5. The molecule has 1 heterocycles. The van der Waals surface area contributed by atoms with Crippen LogP contribution >= 0.6 is 0 Å². The number of aliphatic carboxylic acids is 1. The largest absolute Gasteiger partial charge is 1.00 e. The molecule has 0 aliphatic rings. The topological polar surface area (TPSA) is 109 Å². The van der Waals surface area contributed by atoms with Crippen molar-refractivity contribution in [1.82, 2.24) is 20.3 Å². The third kappa shape index (κ3) is 7.81. The molecule has 0 aliphatic heterocycles. The van der Waals surface area contributed by atoms with Crippen molar-refractivity contribution in [2.45, 2.75) is 39.3 Å². The molecule has 9 heteroatoms. The van der Waals surface area contributed by atoms with Crippen molar-refractivity contribution in [1.29, 1.82) is 0 Å². The number of alkyl carbamates (subject to hydrolysis) is 1. The first-order valence-electron chi connectivity index (χ1n) is 5.82. The minimum atomic E-state index is -1.23. The molecule has 0 radical (unpaired) electrons. The molecule has 0 saturated heterocycles. The Balaban J connectivity index is 0.00000361. The molecule has 20 heavy (non-hydrogen) atoms. The maximum absolute atomic E-state index is 11.3. The average molecular weight is 276 g/mol. The van der Waals surface area contributed by atoms with Crippen LogP contribution in [0.2, 0.25) is 0 Å². The maximum Gasteiger partial charge on any atom is 1.00 e. The summed E-state index contributed by atoms with van der Waals surface area (Å²) in [5.74, 6) is -1.23. The molecule has 8 nitrogen and oxygen atoms in total. The van der Waals surface area contributed by atoms with E-state index in [1.54, 1.807) is 20.8 Å². The Hall–Kier alpha value is -1.52. The van der Waals surface area contributed by atoms with Crippen LogP contribution in [0.1, 0.15) is 26.5 Å². The summed E-state index contributed by atoms with van der Waals surface area (Å²) in [4.78, 5) is 21.7. The monoisotopic (exact) mass is 276 g/mol. The summed E-state index contributed by atoms with van der Waals surface area (Å²) in [7, 11) is 0. The average Bonchev–Trinajstić information content (AvgIpc) is 2.61. The van der Waals surface area contributed by atoms with Crippen molar-refractivity contribution in [2.75, 3.05) is 6.54 Å². The van der Waals surface area contributed by atoms with E-state index in [0.717, 1.165) is 4.68 Å². The number of nitrogens with one attached hydrogen (secondary N) is 1. The summed E-state index contributed by atoms with van der Waals surface area (Å²) in [5.41, 5.74) is 0.0409. The number of carboxylic acid groups (broad SMARTS) is 1. The second-order valence-corrected chi connectivity index (χ2v) is 4.96. The van der Waals surface area contributed by atoms with Crippen LogP contribution in [0, 0.1) is 0 Å². The summed E-state index contributed by atoms with van der Waals surface area (Å²) in [6, 6.07) is 0. The fourth-order valence-corrected chi connectivity index (χ4v) is 1.27. The second kappa shape index (κ2) is 7.92. The van der Waals surface area contributed by atoms with Gasteiger partial charge in [-0.15, -0.1) is 5.10 Å². The predicted molar refractivity (Wildman–Crippen MR) is 63.0 cm³/mol. The van der Waals surface area contributed by atoms with Gasteiger partial charge in [0.1, 0.15) is 5.60 Å². The Morgan fingerprint density at radius 1 is 1.45 bits per heavy atom. The quantitative estimate of drug-likeness (QED) is 0.551. The fraction of sp³-hybridized carbons (Fsp3) is 0.636. The Bertz CT molecular complexity index is 456. The van der Waals surface area contributed by atoms with Crippen molar-refractivity contribution in [3.05, 3.63) is 11.9 Å². The van der Waals surface area contributed by atoms with E-state index in [1.807, 2.05) is 0 Å². The van der Waals surface area contributed by atoms with Crippen LogP contribution in [0.5, 0.6) is 0 Å². The number of aromatic nitrogens is 3. The Morgan fingerprint density at radius 2 is 2.10 bits per heavy atom. The van der Waals surface area contributed by atoms with Crippen LogP contribution < -0.4 is 29.3 Å². The number of hydrogen-bond acceptors (Lipinski definition) is 6. The fourth-order valence-electron chi connectivity index (χ4n) is 1.27. The van der Waals surface area contributed by atoms with Gasteiger partial charge >= 0.3 is 25.0 Å². The van der Waals surface area contributed by atoms with Crippen molar-refractivity contribution < 1.29 is 38.3 Å². The van der Waals surface area contributed by atoms with Gasteiger partial charge in [0.15, 0.2) is 0 Å². The van der Waals surface area contributed by atoms with Crippen LogP contribution in [0.15, 0.2) is 6.20 Å². The summed E-state index contributed by atoms with van der Waals surface area (Å²) < 4.78 is 6.22. The van der Waals surface area contributed by atoms with Gasteiger partial charge in [-0.1, -0.05) is 5.21 Å². The van der Waals surface area contributed by atoms with E-state index >= 15 is 0 Å². The molecular weight excluding hydrogens is 259 g/mol. The first kappa shape index (κ1) is 18.5.